The number of rotatable bonds is 4. The predicted octanol–water partition coefficient (Wildman–Crippen LogP) is 1.05. The van der Waals surface area contributed by atoms with E-state index in [0.29, 0.717) is 6.42 Å². The Hall–Kier alpha value is -2.58. The summed E-state index contributed by atoms with van der Waals surface area (Å²) in [6.45, 7) is 3.51. The molecule has 28 heavy (non-hydrogen) atoms. The van der Waals surface area contributed by atoms with Gasteiger partial charge in [-0.25, -0.2) is 9.38 Å². The van der Waals surface area contributed by atoms with E-state index in [0.717, 1.165) is 37.4 Å². The number of aromatic nitrogens is 2. The second kappa shape index (κ2) is 6.22. The topological polar surface area (TPSA) is 77.8 Å². The second-order valence-electron chi connectivity index (χ2n) is 8.45. The molecule has 1 aliphatic carbocycles. The van der Waals surface area contributed by atoms with Gasteiger partial charge in [0.05, 0.1) is 17.8 Å². The van der Waals surface area contributed by atoms with Crippen molar-refractivity contribution in [3.8, 4) is 0 Å². The summed E-state index contributed by atoms with van der Waals surface area (Å²) in [5.74, 6) is -0.0440. The summed E-state index contributed by atoms with van der Waals surface area (Å²) in [5.41, 5.74) is 0.886. The van der Waals surface area contributed by atoms with Crippen molar-refractivity contribution in [3.05, 3.63) is 24.3 Å². The fraction of sp³-hybridized carbons (Fsp3) is 0.632. The van der Waals surface area contributed by atoms with Crippen LogP contribution in [0.3, 0.4) is 0 Å². The van der Waals surface area contributed by atoms with Crippen LogP contribution in [0.4, 0.5) is 10.1 Å². The van der Waals surface area contributed by atoms with Crippen LogP contribution in [0.5, 0.6) is 0 Å². The number of likely N-dealkylation sites (tertiary alicyclic amines) is 1. The number of carbonyl (C=O) groups excluding carboxylic acids is 1. The van der Waals surface area contributed by atoms with Crippen molar-refractivity contribution in [3.63, 3.8) is 0 Å². The molecule has 1 aromatic rings. The number of aryl methyl sites for hydroxylation is 1. The van der Waals surface area contributed by atoms with Crippen LogP contribution in [-0.2, 0) is 11.8 Å². The van der Waals surface area contributed by atoms with Gasteiger partial charge in [0.2, 0.25) is 11.7 Å². The lowest BCUT2D eigenvalue weighted by Gasteiger charge is -2.45. The number of piperazine rings is 1. The smallest absolute Gasteiger partial charge is 0.229 e. The van der Waals surface area contributed by atoms with Gasteiger partial charge in [-0.3, -0.25) is 9.48 Å². The first-order valence-electron chi connectivity index (χ1n) is 9.93. The molecule has 2 bridgehead atoms. The Morgan fingerprint density at radius 1 is 1.36 bits per heavy atom. The van der Waals surface area contributed by atoms with E-state index in [4.69, 9.17) is 0 Å². The van der Waals surface area contributed by atoms with E-state index in [9.17, 15) is 9.18 Å². The largest absolute Gasteiger partial charge is 0.354 e. The molecule has 5 rings (SSSR count). The minimum absolute atomic E-state index is 0.0230. The van der Waals surface area contributed by atoms with Crippen LogP contribution < -0.4 is 10.6 Å². The van der Waals surface area contributed by atoms with Gasteiger partial charge in [-0.15, -0.1) is 0 Å². The zero-order chi connectivity index (χ0) is 19.5. The maximum Gasteiger partial charge on any atom is 0.229 e. The van der Waals surface area contributed by atoms with E-state index in [2.05, 4.69) is 25.6 Å². The lowest BCUT2D eigenvalue weighted by molar-refractivity contribution is -0.138. The van der Waals surface area contributed by atoms with Crippen molar-refractivity contribution in [2.45, 2.75) is 50.2 Å². The van der Waals surface area contributed by atoms with Gasteiger partial charge in [0.25, 0.3) is 0 Å². The van der Waals surface area contributed by atoms with Gasteiger partial charge in [-0.2, -0.15) is 5.10 Å². The van der Waals surface area contributed by atoms with E-state index in [1.165, 1.54) is 0 Å². The maximum absolute atomic E-state index is 13.4. The molecule has 1 unspecified atom stereocenters. The van der Waals surface area contributed by atoms with E-state index in [-0.39, 0.29) is 23.9 Å². The lowest BCUT2D eigenvalue weighted by atomic mass is 10.1. The monoisotopic (exact) mass is 387 g/mol. The molecule has 2 N–H and O–H groups in total. The minimum atomic E-state index is -0.928. The number of aliphatic imine (C=N–C) groups is 1. The van der Waals surface area contributed by atoms with Crippen molar-refractivity contribution >= 4 is 17.8 Å². The molecule has 0 radical (unpaired) electrons. The molecule has 4 heterocycles. The Morgan fingerprint density at radius 2 is 2.07 bits per heavy atom. The van der Waals surface area contributed by atoms with E-state index < -0.39 is 12.0 Å². The summed E-state index contributed by atoms with van der Waals surface area (Å²) in [4.78, 5) is 21.4. The number of nitrogens with one attached hydrogen (secondary N) is 2. The minimum Gasteiger partial charge on any atom is -0.354 e. The van der Waals surface area contributed by atoms with E-state index >= 15 is 0 Å². The summed E-state index contributed by atoms with van der Waals surface area (Å²) >= 11 is 0. The number of amides is 1. The van der Waals surface area contributed by atoms with Gasteiger partial charge in [0, 0.05) is 44.6 Å². The molecule has 2 saturated heterocycles. The number of halogens is 1. The molecule has 9 heteroatoms. The molecular weight excluding hydrogens is 361 g/mol. The molecule has 8 nitrogen and oxygen atoms in total. The summed E-state index contributed by atoms with van der Waals surface area (Å²) in [6, 6.07) is 0.330. The molecule has 3 aliphatic heterocycles. The third-order valence-corrected chi connectivity index (χ3v) is 6.14. The number of anilines is 1. The van der Waals surface area contributed by atoms with Gasteiger partial charge < -0.3 is 20.4 Å². The van der Waals surface area contributed by atoms with E-state index in [1.807, 2.05) is 37.4 Å². The molecule has 1 amide bonds. The first-order chi connectivity index (χ1) is 13.4. The van der Waals surface area contributed by atoms with Gasteiger partial charge in [-0.1, -0.05) is 0 Å². The van der Waals surface area contributed by atoms with Gasteiger partial charge in [0.15, 0.2) is 0 Å². The zero-order valence-electron chi connectivity index (χ0n) is 16.2. The van der Waals surface area contributed by atoms with Crippen LogP contribution >= 0.6 is 0 Å². The fourth-order valence-corrected chi connectivity index (χ4v) is 4.67. The number of hydrogen-bond donors (Lipinski definition) is 2. The number of fused-ring (bicyclic) bond motifs is 2. The molecule has 3 fully saturated rings. The van der Waals surface area contributed by atoms with Crippen molar-refractivity contribution in [2.75, 3.05) is 18.4 Å². The highest BCUT2D eigenvalue weighted by Gasteiger charge is 2.52. The zero-order valence-corrected chi connectivity index (χ0v) is 16.2. The van der Waals surface area contributed by atoms with Crippen molar-refractivity contribution < 1.29 is 9.18 Å². The number of carbonyl (C=O) groups is 1. The second-order valence-corrected chi connectivity index (χ2v) is 8.45. The van der Waals surface area contributed by atoms with Crippen molar-refractivity contribution in [2.24, 2.45) is 18.0 Å². The van der Waals surface area contributed by atoms with Gasteiger partial charge >= 0.3 is 0 Å². The molecular formula is C19H26FN7O. The molecule has 0 aromatic carbocycles. The SMILES string of the molecule is Cn1cc(NC2(C)N=CC=C(N3C[C@H]4CC[C@@H](C3)N4C(=O)[C@H]3C[C@H]3F)N2)cn1. The van der Waals surface area contributed by atoms with Crippen LogP contribution in [0, 0.1) is 5.92 Å². The first kappa shape index (κ1) is 17.5. The Kier molecular flexibility index (Phi) is 3.89. The average molecular weight is 387 g/mol. The van der Waals surface area contributed by atoms with Crippen LogP contribution in [0.25, 0.3) is 0 Å². The molecule has 4 aliphatic rings. The summed E-state index contributed by atoms with van der Waals surface area (Å²) in [6.07, 6.45) is 8.91. The Labute approximate surface area is 163 Å². The Morgan fingerprint density at radius 3 is 2.68 bits per heavy atom. The van der Waals surface area contributed by atoms with Crippen molar-refractivity contribution in [1.29, 1.82) is 0 Å². The van der Waals surface area contributed by atoms with E-state index in [1.54, 1.807) is 10.9 Å². The third kappa shape index (κ3) is 3.02. The molecule has 5 atom stereocenters. The number of allylic oxidation sites excluding steroid dienone is 1. The average Bonchev–Trinajstić information content (AvgIpc) is 3.16. The highest BCUT2D eigenvalue weighted by molar-refractivity contribution is 5.83. The Bertz CT molecular complexity index is 837. The summed E-state index contributed by atoms with van der Waals surface area (Å²) < 4.78 is 15.1. The van der Waals surface area contributed by atoms with Crippen LogP contribution in [-0.4, -0.2) is 68.8 Å². The predicted molar refractivity (Wildman–Crippen MR) is 103 cm³/mol. The highest BCUT2D eigenvalue weighted by atomic mass is 19.1. The summed E-state index contributed by atoms with van der Waals surface area (Å²) in [7, 11) is 1.87. The summed E-state index contributed by atoms with van der Waals surface area (Å²) in [5, 5.41) is 11.0. The maximum atomic E-state index is 13.4. The highest BCUT2D eigenvalue weighted by Crippen LogP contribution is 2.40. The van der Waals surface area contributed by atoms with Gasteiger partial charge in [0.1, 0.15) is 12.0 Å². The quantitative estimate of drug-likeness (QED) is 0.808. The van der Waals surface area contributed by atoms with Crippen LogP contribution in [0.15, 0.2) is 29.3 Å². The molecule has 1 aromatic heterocycles. The third-order valence-electron chi connectivity index (χ3n) is 6.14. The number of hydrogen-bond acceptors (Lipinski definition) is 6. The van der Waals surface area contributed by atoms with Crippen LogP contribution in [0.2, 0.25) is 0 Å². The molecule has 150 valence electrons. The number of alkyl halides is 1. The first-order valence-corrected chi connectivity index (χ1v) is 9.93. The fourth-order valence-electron chi connectivity index (χ4n) is 4.67. The van der Waals surface area contributed by atoms with Gasteiger partial charge in [-0.05, 0) is 32.3 Å². The van der Waals surface area contributed by atoms with Crippen LogP contribution in [0.1, 0.15) is 26.2 Å². The molecule has 1 saturated carbocycles. The standard InChI is InChI=1S/C19H26FN7O/c1-19(23-12-8-22-25(2)9-12)21-6-5-17(24-19)26-10-13-3-4-14(11-26)27(13)18(28)15-7-16(15)20/h5-6,8-9,13-16,23-24H,3-4,7,10-11H2,1-2H3/t13-,14+,15-,16+,19?/m0/s1. The Balaban J connectivity index is 1.27. The normalized spacial score (nSPS) is 36.2. The number of nitrogens with zero attached hydrogens (tertiary/aromatic N) is 5. The lowest BCUT2D eigenvalue weighted by Crippen LogP contribution is -2.59. The molecule has 0 spiro atoms. The van der Waals surface area contributed by atoms with Crippen molar-refractivity contribution in [1.82, 2.24) is 24.9 Å².